The van der Waals surface area contributed by atoms with Gasteiger partial charge in [0.25, 0.3) is 0 Å². The Morgan fingerprint density at radius 2 is 1.87 bits per heavy atom. The fourth-order valence-corrected chi connectivity index (χ4v) is 5.08. The summed E-state index contributed by atoms with van der Waals surface area (Å²) < 4.78 is 12.1. The highest BCUT2D eigenvalue weighted by Crippen LogP contribution is 2.50. The molecule has 5 heteroatoms. The van der Waals surface area contributed by atoms with Gasteiger partial charge in [0, 0.05) is 23.4 Å². The number of rotatable bonds is 8. The fraction of sp³-hybridized carbons (Fsp3) is 0.500. The summed E-state index contributed by atoms with van der Waals surface area (Å²) in [5, 5.41) is 11.7. The summed E-state index contributed by atoms with van der Waals surface area (Å²) in [7, 11) is 0. The highest BCUT2D eigenvalue weighted by Gasteiger charge is 2.46. The van der Waals surface area contributed by atoms with Crippen molar-refractivity contribution >= 4 is 11.6 Å². The molecular formula is C26H29ClO4. The topological polar surface area (TPSA) is 59.7 Å². The molecule has 31 heavy (non-hydrogen) atoms. The van der Waals surface area contributed by atoms with Gasteiger partial charge in [0.15, 0.2) is 0 Å². The van der Waals surface area contributed by atoms with Gasteiger partial charge >= 0.3 is 5.63 Å². The van der Waals surface area contributed by atoms with Crippen molar-refractivity contribution in [2.45, 2.75) is 69.8 Å². The van der Waals surface area contributed by atoms with Crippen LogP contribution in [-0.2, 0) is 16.8 Å². The maximum Gasteiger partial charge on any atom is 0.347 e. The lowest BCUT2D eigenvalue weighted by Crippen LogP contribution is -2.32. The molecule has 2 aromatic rings. The van der Waals surface area contributed by atoms with Crippen LogP contribution < -0.4 is 5.63 Å². The lowest BCUT2D eigenvalue weighted by molar-refractivity contribution is 0.00455. The van der Waals surface area contributed by atoms with Crippen molar-refractivity contribution in [3.63, 3.8) is 0 Å². The zero-order valence-corrected chi connectivity index (χ0v) is 18.7. The first-order valence-electron chi connectivity index (χ1n) is 11.4. The lowest BCUT2D eigenvalue weighted by Gasteiger charge is -2.30. The third-order valence-corrected chi connectivity index (χ3v) is 7.16. The number of hydrogen-bond acceptors (Lipinski definition) is 4. The van der Waals surface area contributed by atoms with Crippen molar-refractivity contribution < 1.29 is 14.3 Å². The number of allylic oxidation sites excluding steroid dienone is 1. The molecule has 2 atom stereocenters. The molecule has 4 nitrogen and oxygen atoms in total. The molecule has 0 spiro atoms. The summed E-state index contributed by atoms with van der Waals surface area (Å²) >= 11 is 6.04. The molecule has 1 aliphatic heterocycles. The SMILES string of the molecule is CC1=CCC(CC2CC2)(c2c(O)cc(C(Cc3ccc(Cl)cc3)CC3CC3)oc2=O)O1. The van der Waals surface area contributed by atoms with Crippen molar-refractivity contribution in [1.29, 1.82) is 0 Å². The monoisotopic (exact) mass is 440 g/mol. The Morgan fingerprint density at radius 1 is 1.16 bits per heavy atom. The summed E-state index contributed by atoms with van der Waals surface area (Å²) in [6, 6.07) is 9.47. The number of ether oxygens (including phenoxy) is 1. The van der Waals surface area contributed by atoms with Gasteiger partial charge in [-0.05, 0) is 61.8 Å². The highest BCUT2D eigenvalue weighted by molar-refractivity contribution is 6.30. The average molecular weight is 441 g/mol. The number of halogens is 1. The van der Waals surface area contributed by atoms with Crippen LogP contribution in [0.2, 0.25) is 5.02 Å². The van der Waals surface area contributed by atoms with Gasteiger partial charge in [-0.15, -0.1) is 0 Å². The van der Waals surface area contributed by atoms with Gasteiger partial charge in [-0.1, -0.05) is 49.4 Å². The second-order valence-electron chi connectivity index (χ2n) is 9.67. The number of aromatic hydroxyl groups is 1. The van der Waals surface area contributed by atoms with E-state index in [1.165, 1.54) is 12.8 Å². The van der Waals surface area contributed by atoms with E-state index in [2.05, 4.69) is 0 Å². The largest absolute Gasteiger partial charge is 0.507 e. The first-order chi connectivity index (χ1) is 14.9. The van der Waals surface area contributed by atoms with Crippen LogP contribution in [0.3, 0.4) is 0 Å². The van der Waals surface area contributed by atoms with Crippen LogP contribution in [0.25, 0.3) is 0 Å². The zero-order valence-electron chi connectivity index (χ0n) is 17.9. The number of hydrogen-bond donors (Lipinski definition) is 1. The first kappa shape index (κ1) is 20.7. The van der Waals surface area contributed by atoms with Crippen LogP contribution in [0.1, 0.15) is 74.7 Å². The third-order valence-electron chi connectivity index (χ3n) is 6.91. The van der Waals surface area contributed by atoms with E-state index in [0.717, 1.165) is 43.4 Å². The highest BCUT2D eigenvalue weighted by atomic mass is 35.5. The molecule has 0 bridgehead atoms. The van der Waals surface area contributed by atoms with Gasteiger partial charge in [0.2, 0.25) is 0 Å². The van der Waals surface area contributed by atoms with E-state index >= 15 is 0 Å². The second-order valence-corrected chi connectivity index (χ2v) is 10.1. The molecule has 2 heterocycles. The standard InChI is InChI=1S/C26H29ClO4/c1-16-10-11-26(31-16,15-19-4-5-19)24-22(28)14-23(30-25(24)29)20(12-17-2-3-17)13-18-6-8-21(27)9-7-18/h6-10,14,17,19-20,28H,2-5,11-13,15H2,1H3. The van der Waals surface area contributed by atoms with Crippen LogP contribution in [0.5, 0.6) is 5.75 Å². The minimum Gasteiger partial charge on any atom is -0.507 e. The van der Waals surface area contributed by atoms with Crippen molar-refractivity contribution in [2.24, 2.45) is 11.8 Å². The zero-order chi connectivity index (χ0) is 21.6. The molecular weight excluding hydrogens is 412 g/mol. The van der Waals surface area contributed by atoms with Crippen molar-refractivity contribution in [3.8, 4) is 5.75 Å². The van der Waals surface area contributed by atoms with Gasteiger partial charge in [-0.3, -0.25) is 0 Å². The average Bonchev–Trinajstić information content (AvgIpc) is 3.64. The molecule has 0 saturated heterocycles. The van der Waals surface area contributed by atoms with Gasteiger partial charge in [0.1, 0.15) is 22.7 Å². The van der Waals surface area contributed by atoms with Crippen molar-refractivity contribution in [2.75, 3.05) is 0 Å². The van der Waals surface area contributed by atoms with E-state index in [9.17, 15) is 9.90 Å². The molecule has 5 rings (SSSR count). The molecule has 2 unspecified atom stereocenters. The minimum absolute atomic E-state index is 0.00639. The van der Waals surface area contributed by atoms with E-state index < -0.39 is 11.2 Å². The van der Waals surface area contributed by atoms with Gasteiger partial charge in [0.05, 0.1) is 5.76 Å². The molecule has 1 N–H and O–H groups in total. The summed E-state index contributed by atoms with van der Waals surface area (Å²) in [4.78, 5) is 13.2. The molecule has 2 saturated carbocycles. The van der Waals surface area contributed by atoms with E-state index in [0.29, 0.717) is 29.0 Å². The van der Waals surface area contributed by atoms with E-state index in [4.69, 9.17) is 20.8 Å². The Kier molecular flexibility index (Phi) is 5.37. The normalized spacial score (nSPS) is 24.0. The summed E-state index contributed by atoms with van der Waals surface area (Å²) in [6.07, 6.45) is 9.79. The molecule has 1 aromatic heterocycles. The van der Waals surface area contributed by atoms with Crippen molar-refractivity contribution in [3.05, 3.63) is 74.5 Å². The maximum atomic E-state index is 13.2. The Hall–Kier alpha value is -2.20. The van der Waals surface area contributed by atoms with Gasteiger partial charge < -0.3 is 14.3 Å². The van der Waals surface area contributed by atoms with E-state index in [-0.39, 0.29) is 17.2 Å². The lowest BCUT2D eigenvalue weighted by atomic mass is 9.85. The fourth-order valence-electron chi connectivity index (χ4n) is 4.95. The van der Waals surface area contributed by atoms with Crippen LogP contribution in [0.15, 0.2) is 51.4 Å². The summed E-state index contributed by atoms with van der Waals surface area (Å²) in [5.41, 5.74) is 0.172. The minimum atomic E-state index is -0.795. The quantitative estimate of drug-likeness (QED) is 0.512. The van der Waals surface area contributed by atoms with Crippen molar-refractivity contribution in [1.82, 2.24) is 0 Å². The maximum absolute atomic E-state index is 13.2. The summed E-state index contributed by atoms with van der Waals surface area (Å²) in [6.45, 7) is 1.90. The van der Waals surface area contributed by atoms with Gasteiger partial charge in [-0.2, -0.15) is 0 Å². The molecule has 1 aromatic carbocycles. The molecule has 0 radical (unpaired) electrons. The smallest absolute Gasteiger partial charge is 0.347 e. The molecule has 2 aliphatic carbocycles. The molecule has 164 valence electrons. The third kappa shape index (κ3) is 4.55. The Morgan fingerprint density at radius 3 is 2.45 bits per heavy atom. The predicted octanol–water partition coefficient (Wildman–Crippen LogP) is 6.44. The molecule has 3 aliphatic rings. The van der Waals surface area contributed by atoms with E-state index in [1.807, 2.05) is 37.3 Å². The number of benzene rings is 1. The van der Waals surface area contributed by atoms with Crippen LogP contribution in [-0.4, -0.2) is 5.11 Å². The summed E-state index contributed by atoms with van der Waals surface area (Å²) in [5.74, 6) is 2.63. The van der Waals surface area contributed by atoms with Crippen LogP contribution in [0, 0.1) is 11.8 Å². The Labute approximate surface area is 187 Å². The van der Waals surface area contributed by atoms with E-state index in [1.54, 1.807) is 6.07 Å². The Balaban J connectivity index is 1.47. The second kappa shape index (κ2) is 8.05. The first-order valence-corrected chi connectivity index (χ1v) is 11.8. The molecule has 2 fully saturated rings. The molecule has 0 amide bonds. The Bertz CT molecular complexity index is 1050. The van der Waals surface area contributed by atoms with Crippen LogP contribution in [0.4, 0.5) is 0 Å². The predicted molar refractivity (Wildman–Crippen MR) is 120 cm³/mol. The van der Waals surface area contributed by atoms with Gasteiger partial charge in [-0.25, -0.2) is 4.79 Å². The van der Waals surface area contributed by atoms with Crippen LogP contribution >= 0.6 is 11.6 Å².